The van der Waals surface area contributed by atoms with Crippen LogP contribution in [0.3, 0.4) is 0 Å². The number of amides is 1. The maximum Gasteiger partial charge on any atom is 0.274 e. The molecule has 0 aliphatic carbocycles. The maximum atomic E-state index is 12.8. The van der Waals surface area contributed by atoms with Crippen LogP contribution in [0.4, 0.5) is 5.82 Å². The predicted octanol–water partition coefficient (Wildman–Crippen LogP) is 3.55. The van der Waals surface area contributed by atoms with E-state index in [0.717, 1.165) is 43.5 Å². The highest BCUT2D eigenvalue weighted by molar-refractivity contribution is 5.92. The van der Waals surface area contributed by atoms with Crippen molar-refractivity contribution < 1.29 is 14.3 Å². The second-order valence-corrected chi connectivity index (χ2v) is 7.23. The molecule has 0 saturated carbocycles. The highest BCUT2D eigenvalue weighted by atomic mass is 16.5. The Morgan fingerprint density at radius 1 is 1.14 bits per heavy atom. The summed E-state index contributed by atoms with van der Waals surface area (Å²) in [5, 5.41) is 11.6. The zero-order valence-corrected chi connectivity index (χ0v) is 17.5. The molecule has 1 atom stereocenters. The first-order chi connectivity index (χ1) is 14.2. The lowest BCUT2D eigenvalue weighted by Gasteiger charge is -2.34. The lowest BCUT2D eigenvalue weighted by Crippen LogP contribution is -2.43. The number of carbonyl (C=O) groups is 1. The van der Waals surface area contributed by atoms with E-state index in [2.05, 4.69) is 22.4 Å². The van der Waals surface area contributed by atoms with Gasteiger partial charge in [-0.1, -0.05) is 13.0 Å². The van der Waals surface area contributed by atoms with Gasteiger partial charge in [-0.15, -0.1) is 10.2 Å². The number of rotatable bonds is 8. The van der Waals surface area contributed by atoms with E-state index in [4.69, 9.17) is 9.47 Å². The van der Waals surface area contributed by atoms with Crippen molar-refractivity contribution >= 4 is 11.7 Å². The van der Waals surface area contributed by atoms with Crippen molar-refractivity contribution in [2.45, 2.75) is 45.1 Å². The average molecular weight is 399 g/mol. The monoisotopic (exact) mass is 398 g/mol. The lowest BCUT2D eigenvalue weighted by molar-refractivity contribution is 0.0601. The number of nitrogens with zero attached hydrogens (tertiary/aromatic N) is 3. The predicted molar refractivity (Wildman–Crippen MR) is 113 cm³/mol. The lowest BCUT2D eigenvalue weighted by atomic mass is 9.99. The van der Waals surface area contributed by atoms with E-state index in [9.17, 15) is 4.79 Å². The van der Waals surface area contributed by atoms with Crippen LogP contribution in [-0.4, -0.2) is 54.4 Å². The van der Waals surface area contributed by atoms with E-state index in [-0.39, 0.29) is 5.91 Å². The number of aromatic nitrogens is 2. The fraction of sp³-hybridized carbons (Fsp3) is 0.500. The number of carbonyl (C=O) groups excluding carboxylic acids is 1. The molecule has 1 N–H and O–H groups in total. The van der Waals surface area contributed by atoms with Crippen LogP contribution in [0.2, 0.25) is 0 Å². The number of ether oxygens (including phenoxy) is 2. The first-order valence-corrected chi connectivity index (χ1v) is 10.3. The number of hydrogen-bond acceptors (Lipinski definition) is 6. The fourth-order valence-electron chi connectivity index (χ4n) is 3.75. The van der Waals surface area contributed by atoms with Crippen LogP contribution in [0.1, 0.15) is 48.7 Å². The summed E-state index contributed by atoms with van der Waals surface area (Å²) in [6.07, 6.45) is 5.11. The van der Waals surface area contributed by atoms with Gasteiger partial charge in [0.25, 0.3) is 5.91 Å². The summed E-state index contributed by atoms with van der Waals surface area (Å²) in [6.45, 7) is 3.64. The van der Waals surface area contributed by atoms with E-state index in [1.165, 1.54) is 6.42 Å². The number of methoxy groups -OCH3 is 2. The van der Waals surface area contributed by atoms with Gasteiger partial charge in [0, 0.05) is 19.1 Å². The van der Waals surface area contributed by atoms with Crippen molar-refractivity contribution in [3.63, 3.8) is 0 Å². The summed E-state index contributed by atoms with van der Waals surface area (Å²) in [5.41, 5.74) is 1.54. The molecule has 1 aromatic carbocycles. The summed E-state index contributed by atoms with van der Waals surface area (Å²) in [5.74, 6) is 2.08. The summed E-state index contributed by atoms with van der Waals surface area (Å²) >= 11 is 0. The van der Waals surface area contributed by atoms with Gasteiger partial charge in [0.15, 0.2) is 17.2 Å². The number of anilines is 1. The molecule has 1 amide bonds. The third-order valence-electron chi connectivity index (χ3n) is 5.41. The molecule has 1 saturated heterocycles. The molecule has 1 unspecified atom stereocenters. The van der Waals surface area contributed by atoms with Gasteiger partial charge < -0.3 is 19.7 Å². The van der Waals surface area contributed by atoms with Gasteiger partial charge in [-0.05, 0) is 61.9 Å². The molecule has 0 spiro atoms. The Morgan fingerprint density at radius 3 is 2.66 bits per heavy atom. The van der Waals surface area contributed by atoms with Gasteiger partial charge in [0.1, 0.15) is 5.82 Å². The smallest absolute Gasteiger partial charge is 0.274 e. The zero-order valence-electron chi connectivity index (χ0n) is 17.5. The van der Waals surface area contributed by atoms with Gasteiger partial charge in [-0.3, -0.25) is 4.79 Å². The molecule has 2 aromatic rings. The highest BCUT2D eigenvalue weighted by Crippen LogP contribution is 2.27. The van der Waals surface area contributed by atoms with Crippen LogP contribution >= 0.6 is 0 Å². The van der Waals surface area contributed by atoms with Gasteiger partial charge in [0.2, 0.25) is 0 Å². The fourth-order valence-corrected chi connectivity index (χ4v) is 3.75. The summed E-state index contributed by atoms with van der Waals surface area (Å²) in [4.78, 5) is 14.7. The third kappa shape index (κ3) is 5.16. The number of piperidine rings is 1. The Labute approximate surface area is 172 Å². The molecule has 2 heterocycles. The molecule has 7 nitrogen and oxygen atoms in total. The van der Waals surface area contributed by atoms with Gasteiger partial charge in [0.05, 0.1) is 14.2 Å². The number of benzene rings is 1. The van der Waals surface area contributed by atoms with Crippen LogP contribution in [0.5, 0.6) is 11.5 Å². The molecular weight excluding hydrogens is 368 g/mol. The third-order valence-corrected chi connectivity index (χ3v) is 5.41. The second kappa shape index (κ2) is 10.1. The van der Waals surface area contributed by atoms with Gasteiger partial charge in [-0.25, -0.2) is 0 Å². The SMILES string of the molecule is CCC1CCCCN1C(=O)c1ccc(NCCc2ccc(OC)c(OC)c2)nn1. The molecule has 3 rings (SSSR count). The van der Waals surface area contributed by atoms with Crippen LogP contribution in [0.25, 0.3) is 0 Å². The summed E-state index contributed by atoms with van der Waals surface area (Å²) in [6, 6.07) is 9.78. The molecule has 1 aromatic heterocycles. The van der Waals surface area contributed by atoms with Gasteiger partial charge >= 0.3 is 0 Å². The van der Waals surface area contributed by atoms with Gasteiger partial charge in [-0.2, -0.15) is 0 Å². The average Bonchev–Trinajstić information content (AvgIpc) is 2.78. The van der Waals surface area contributed by atoms with E-state index in [1.807, 2.05) is 29.2 Å². The molecular formula is C22H30N4O3. The normalized spacial score (nSPS) is 16.4. The second-order valence-electron chi connectivity index (χ2n) is 7.23. The standard InChI is InChI=1S/C22H30N4O3/c1-4-17-7-5-6-14-26(17)22(27)18-9-11-21(25-24-18)23-13-12-16-8-10-19(28-2)20(15-16)29-3/h8-11,15,17H,4-7,12-14H2,1-3H3,(H,23,25). The largest absolute Gasteiger partial charge is 0.493 e. The first kappa shape index (κ1) is 20.9. The Balaban J connectivity index is 1.55. The van der Waals surface area contributed by atoms with Crippen molar-refractivity contribution in [3.8, 4) is 11.5 Å². The van der Waals surface area contributed by atoms with E-state index >= 15 is 0 Å². The molecule has 0 bridgehead atoms. The number of hydrogen-bond donors (Lipinski definition) is 1. The van der Waals surface area contributed by atoms with Crippen molar-refractivity contribution in [1.29, 1.82) is 0 Å². The molecule has 0 radical (unpaired) electrons. The number of likely N-dealkylation sites (tertiary alicyclic amines) is 1. The van der Waals surface area contributed by atoms with Crippen LogP contribution < -0.4 is 14.8 Å². The van der Waals surface area contributed by atoms with Crippen LogP contribution in [0, 0.1) is 0 Å². The minimum absolute atomic E-state index is 0.0130. The van der Waals surface area contributed by atoms with E-state index in [0.29, 0.717) is 29.8 Å². The van der Waals surface area contributed by atoms with Crippen LogP contribution in [-0.2, 0) is 6.42 Å². The van der Waals surface area contributed by atoms with E-state index in [1.54, 1.807) is 20.3 Å². The number of nitrogens with one attached hydrogen (secondary N) is 1. The summed E-state index contributed by atoms with van der Waals surface area (Å²) in [7, 11) is 3.25. The molecule has 29 heavy (non-hydrogen) atoms. The van der Waals surface area contributed by atoms with Crippen LogP contribution in [0.15, 0.2) is 30.3 Å². The highest BCUT2D eigenvalue weighted by Gasteiger charge is 2.27. The Kier molecular flexibility index (Phi) is 7.27. The minimum atomic E-state index is -0.0130. The molecule has 1 aliphatic heterocycles. The Morgan fingerprint density at radius 2 is 1.97 bits per heavy atom. The van der Waals surface area contributed by atoms with Crippen molar-refractivity contribution in [2.24, 2.45) is 0 Å². The molecule has 7 heteroatoms. The Bertz CT molecular complexity index is 810. The molecule has 1 fully saturated rings. The van der Waals surface area contributed by atoms with E-state index < -0.39 is 0 Å². The minimum Gasteiger partial charge on any atom is -0.493 e. The summed E-state index contributed by atoms with van der Waals surface area (Å²) < 4.78 is 10.6. The van der Waals surface area contributed by atoms with Crippen molar-refractivity contribution in [2.75, 3.05) is 32.6 Å². The molecule has 156 valence electrons. The zero-order chi connectivity index (χ0) is 20.6. The Hall–Kier alpha value is -2.83. The van der Waals surface area contributed by atoms with Crippen molar-refractivity contribution in [3.05, 3.63) is 41.6 Å². The maximum absolute atomic E-state index is 12.8. The topological polar surface area (TPSA) is 76.6 Å². The quantitative estimate of drug-likeness (QED) is 0.733. The first-order valence-electron chi connectivity index (χ1n) is 10.3. The molecule has 1 aliphatic rings. The van der Waals surface area contributed by atoms with Crippen molar-refractivity contribution in [1.82, 2.24) is 15.1 Å².